The summed E-state index contributed by atoms with van der Waals surface area (Å²) in [5.41, 5.74) is 1.33. The second-order valence-electron chi connectivity index (χ2n) is 6.19. The molecule has 122 valence electrons. The average molecular weight is 356 g/mol. The molecule has 0 spiro atoms. The summed E-state index contributed by atoms with van der Waals surface area (Å²) < 4.78 is 43.0. The van der Waals surface area contributed by atoms with Crippen LogP contribution in [0.15, 0.2) is 53.2 Å². The Morgan fingerprint density at radius 3 is 2.00 bits per heavy atom. The van der Waals surface area contributed by atoms with Gasteiger partial charge >= 0.3 is 6.18 Å². The lowest BCUT2D eigenvalue weighted by Gasteiger charge is -2.16. The van der Waals surface area contributed by atoms with Crippen LogP contribution >= 0.6 is 11.6 Å². The quantitative estimate of drug-likeness (QED) is 0.470. The third-order valence-corrected chi connectivity index (χ3v) is 4.29. The summed E-state index contributed by atoms with van der Waals surface area (Å²) in [5.74, 6) is 0. The van der Waals surface area contributed by atoms with Gasteiger partial charge in [-0.15, -0.1) is 0 Å². The first-order chi connectivity index (χ1) is 10.6. The van der Waals surface area contributed by atoms with Crippen LogP contribution in [0.2, 0.25) is 24.7 Å². The SMILES string of the molecule is C[Si](C)(C)/N=C(/c1ccc(C(F)(F)F)cc1)c1ccccc1Cl. The van der Waals surface area contributed by atoms with Gasteiger partial charge in [-0.3, -0.25) is 0 Å². The molecule has 0 aliphatic carbocycles. The van der Waals surface area contributed by atoms with Crippen molar-refractivity contribution in [3.8, 4) is 0 Å². The third-order valence-electron chi connectivity index (χ3n) is 3.06. The maximum absolute atomic E-state index is 12.7. The first-order valence-electron chi connectivity index (χ1n) is 7.10. The lowest BCUT2D eigenvalue weighted by atomic mass is 10.0. The molecule has 0 saturated heterocycles. The van der Waals surface area contributed by atoms with Gasteiger partial charge in [0, 0.05) is 10.6 Å². The van der Waals surface area contributed by atoms with Crippen LogP contribution in [0.4, 0.5) is 13.2 Å². The summed E-state index contributed by atoms with van der Waals surface area (Å²) in [7, 11) is -1.85. The van der Waals surface area contributed by atoms with Gasteiger partial charge in [-0.1, -0.05) is 41.9 Å². The van der Waals surface area contributed by atoms with Crippen molar-refractivity contribution in [3.63, 3.8) is 0 Å². The summed E-state index contributed by atoms with van der Waals surface area (Å²) in [6.45, 7) is 6.19. The molecule has 0 unspecified atom stereocenters. The zero-order chi connectivity index (χ0) is 17.3. The molecule has 0 amide bonds. The van der Waals surface area contributed by atoms with E-state index in [1.165, 1.54) is 12.1 Å². The predicted molar refractivity (Wildman–Crippen MR) is 91.9 cm³/mol. The zero-order valence-corrected chi connectivity index (χ0v) is 14.8. The van der Waals surface area contributed by atoms with Crippen molar-refractivity contribution in [1.82, 2.24) is 0 Å². The molecule has 23 heavy (non-hydrogen) atoms. The minimum atomic E-state index is -4.35. The Kier molecular flexibility index (Phi) is 5.01. The van der Waals surface area contributed by atoms with E-state index in [-0.39, 0.29) is 0 Å². The van der Waals surface area contributed by atoms with Gasteiger partial charge in [0.25, 0.3) is 0 Å². The van der Waals surface area contributed by atoms with Gasteiger partial charge in [-0.05, 0) is 43.4 Å². The Morgan fingerprint density at radius 2 is 1.52 bits per heavy atom. The number of alkyl halides is 3. The number of hydrogen-bond acceptors (Lipinski definition) is 1. The summed E-state index contributed by atoms with van der Waals surface area (Å²) in [5, 5.41) is 0.532. The molecule has 2 aromatic carbocycles. The maximum Gasteiger partial charge on any atom is 0.416 e. The molecule has 6 heteroatoms. The van der Waals surface area contributed by atoms with E-state index in [0.717, 1.165) is 17.7 Å². The van der Waals surface area contributed by atoms with Gasteiger partial charge in [0.15, 0.2) is 8.24 Å². The molecule has 0 aliphatic rings. The van der Waals surface area contributed by atoms with Crippen LogP contribution in [-0.4, -0.2) is 13.9 Å². The van der Waals surface area contributed by atoms with E-state index in [2.05, 4.69) is 19.6 Å². The predicted octanol–water partition coefficient (Wildman–Crippen LogP) is 6.03. The van der Waals surface area contributed by atoms with Crippen molar-refractivity contribution >= 4 is 25.5 Å². The number of benzene rings is 2. The molecule has 0 fully saturated rings. The van der Waals surface area contributed by atoms with Gasteiger partial charge in [-0.2, -0.15) is 13.2 Å². The van der Waals surface area contributed by atoms with Crippen molar-refractivity contribution in [2.75, 3.05) is 0 Å². The number of rotatable bonds is 3. The zero-order valence-electron chi connectivity index (χ0n) is 13.1. The number of hydrogen-bond donors (Lipinski definition) is 0. The molecule has 0 atom stereocenters. The minimum absolute atomic E-state index is 0.532. The Bertz CT molecular complexity index is 716. The van der Waals surface area contributed by atoms with Crippen LogP contribution in [0.3, 0.4) is 0 Å². The molecular formula is C17H17ClF3NSi. The Morgan fingerprint density at radius 1 is 0.957 bits per heavy atom. The Hall–Kier alpha value is -1.59. The summed E-state index contributed by atoms with van der Waals surface area (Å²) in [6, 6.07) is 12.3. The van der Waals surface area contributed by atoms with Gasteiger partial charge in [-0.25, -0.2) is 0 Å². The molecule has 2 aromatic rings. The Labute approximate surface area is 139 Å². The van der Waals surface area contributed by atoms with Crippen LogP contribution in [-0.2, 0) is 6.18 Å². The highest BCUT2D eigenvalue weighted by Gasteiger charge is 2.30. The molecule has 0 N–H and O–H groups in total. The fraction of sp³-hybridized carbons (Fsp3) is 0.235. The molecule has 0 aromatic heterocycles. The topological polar surface area (TPSA) is 12.4 Å². The smallest absolute Gasteiger partial charge is 0.321 e. The van der Waals surface area contributed by atoms with Crippen LogP contribution in [0.1, 0.15) is 16.7 Å². The van der Waals surface area contributed by atoms with Gasteiger partial charge < -0.3 is 4.66 Å². The van der Waals surface area contributed by atoms with E-state index in [1.54, 1.807) is 6.07 Å². The van der Waals surface area contributed by atoms with Crippen LogP contribution in [0.25, 0.3) is 0 Å². The maximum atomic E-state index is 12.7. The fourth-order valence-electron chi connectivity index (χ4n) is 2.09. The molecule has 2 rings (SSSR count). The summed E-state index contributed by atoms with van der Waals surface area (Å²) in [4.78, 5) is 0. The van der Waals surface area contributed by atoms with Crippen molar-refractivity contribution in [2.45, 2.75) is 25.8 Å². The van der Waals surface area contributed by atoms with E-state index in [9.17, 15) is 13.2 Å². The van der Waals surface area contributed by atoms with Crippen molar-refractivity contribution < 1.29 is 13.2 Å². The third kappa shape index (κ3) is 4.69. The molecule has 0 saturated carbocycles. The second kappa shape index (κ2) is 6.49. The van der Waals surface area contributed by atoms with Crippen molar-refractivity contribution in [1.29, 1.82) is 0 Å². The first kappa shape index (κ1) is 17.8. The first-order valence-corrected chi connectivity index (χ1v) is 10.9. The molecule has 0 heterocycles. The highest BCUT2D eigenvalue weighted by Crippen LogP contribution is 2.30. The molecule has 0 radical (unpaired) electrons. The summed E-state index contributed by atoms with van der Waals surface area (Å²) in [6.07, 6.45) is -4.35. The standard InChI is InChI=1S/C17H17ClF3NSi/c1-23(2,3)22-16(14-6-4-5-7-15(14)18)12-8-10-13(11-9-12)17(19,20)21/h4-11H,1-3H3/b22-16-. The minimum Gasteiger partial charge on any atom is -0.321 e. The molecular weight excluding hydrogens is 339 g/mol. The highest BCUT2D eigenvalue weighted by atomic mass is 35.5. The lowest BCUT2D eigenvalue weighted by Crippen LogP contribution is -2.21. The van der Waals surface area contributed by atoms with E-state index in [0.29, 0.717) is 16.3 Å². The number of halogens is 4. The normalized spacial score (nSPS) is 13.3. The molecule has 1 nitrogen and oxygen atoms in total. The number of nitrogens with zero attached hydrogens (tertiary/aromatic N) is 1. The van der Waals surface area contributed by atoms with E-state index < -0.39 is 20.0 Å². The lowest BCUT2D eigenvalue weighted by molar-refractivity contribution is -0.137. The van der Waals surface area contributed by atoms with Crippen LogP contribution < -0.4 is 0 Å². The molecule has 0 bridgehead atoms. The average Bonchev–Trinajstić information content (AvgIpc) is 2.44. The van der Waals surface area contributed by atoms with Crippen LogP contribution in [0, 0.1) is 0 Å². The van der Waals surface area contributed by atoms with E-state index in [4.69, 9.17) is 16.3 Å². The fourth-order valence-corrected chi connectivity index (χ4v) is 3.23. The van der Waals surface area contributed by atoms with Gasteiger partial charge in [0.05, 0.1) is 11.3 Å². The van der Waals surface area contributed by atoms with Gasteiger partial charge in [0.1, 0.15) is 0 Å². The van der Waals surface area contributed by atoms with Crippen molar-refractivity contribution in [3.05, 3.63) is 70.2 Å². The largest absolute Gasteiger partial charge is 0.416 e. The monoisotopic (exact) mass is 355 g/mol. The van der Waals surface area contributed by atoms with Crippen molar-refractivity contribution in [2.24, 2.45) is 4.66 Å². The Balaban J connectivity index is 2.56. The van der Waals surface area contributed by atoms with Gasteiger partial charge in [0.2, 0.25) is 0 Å². The second-order valence-corrected chi connectivity index (χ2v) is 11.2. The highest BCUT2D eigenvalue weighted by molar-refractivity contribution is 6.76. The van der Waals surface area contributed by atoms with Crippen LogP contribution in [0.5, 0.6) is 0 Å². The summed E-state index contributed by atoms with van der Waals surface area (Å²) >= 11 is 6.26. The van der Waals surface area contributed by atoms with E-state index >= 15 is 0 Å². The molecule has 0 aliphatic heterocycles. The van der Waals surface area contributed by atoms with E-state index in [1.807, 2.05) is 18.2 Å².